The molecule has 0 bridgehead atoms. The Kier molecular flexibility index (Phi) is 3.64. The first-order valence-corrected chi connectivity index (χ1v) is 6.20. The van der Waals surface area contributed by atoms with Crippen LogP contribution in [0.2, 0.25) is 0 Å². The van der Waals surface area contributed by atoms with Crippen LogP contribution < -0.4 is 15.2 Å². The maximum absolute atomic E-state index is 5.85. The monoisotopic (exact) mass is 261 g/mol. The van der Waals surface area contributed by atoms with Crippen LogP contribution in [0, 0.1) is 6.92 Å². The molecule has 0 atom stereocenters. The number of nitrogen functional groups attached to an aromatic ring is 1. The third-order valence-corrected chi connectivity index (χ3v) is 2.46. The third-order valence-electron chi connectivity index (χ3n) is 2.46. The summed E-state index contributed by atoms with van der Waals surface area (Å²) in [6.45, 7) is 5.85. The highest BCUT2D eigenvalue weighted by molar-refractivity contribution is 5.51. The standard InChI is InChI=1S/C14H19N3O2/c1-9(2)18-12-6-11(15)7-13(8-12)19-14-5-10(3)16-17(14)4/h5-9H,15H2,1-4H3. The molecule has 0 unspecified atom stereocenters. The van der Waals surface area contributed by atoms with Gasteiger partial charge in [-0.15, -0.1) is 0 Å². The molecule has 0 aliphatic heterocycles. The summed E-state index contributed by atoms with van der Waals surface area (Å²) in [5, 5.41) is 4.23. The van der Waals surface area contributed by atoms with E-state index in [9.17, 15) is 0 Å². The molecule has 2 N–H and O–H groups in total. The zero-order valence-electron chi connectivity index (χ0n) is 11.7. The lowest BCUT2D eigenvalue weighted by Crippen LogP contribution is -2.06. The van der Waals surface area contributed by atoms with E-state index in [1.54, 1.807) is 16.8 Å². The molecule has 1 heterocycles. The summed E-state index contributed by atoms with van der Waals surface area (Å²) < 4.78 is 13.1. The van der Waals surface area contributed by atoms with Crippen molar-refractivity contribution < 1.29 is 9.47 Å². The second kappa shape index (κ2) is 5.22. The van der Waals surface area contributed by atoms with Gasteiger partial charge in [-0.05, 0) is 20.8 Å². The number of nitrogens with zero attached hydrogens (tertiary/aromatic N) is 2. The van der Waals surface area contributed by atoms with Crippen LogP contribution in [-0.4, -0.2) is 15.9 Å². The highest BCUT2D eigenvalue weighted by atomic mass is 16.5. The van der Waals surface area contributed by atoms with E-state index in [-0.39, 0.29) is 6.10 Å². The number of ether oxygens (including phenoxy) is 2. The van der Waals surface area contributed by atoms with Gasteiger partial charge in [-0.3, -0.25) is 0 Å². The molecule has 0 amide bonds. The normalized spacial score (nSPS) is 10.8. The summed E-state index contributed by atoms with van der Waals surface area (Å²) in [5.41, 5.74) is 7.36. The van der Waals surface area contributed by atoms with E-state index in [0.717, 1.165) is 5.69 Å². The third kappa shape index (κ3) is 3.40. The molecule has 0 radical (unpaired) electrons. The van der Waals surface area contributed by atoms with Gasteiger partial charge >= 0.3 is 0 Å². The van der Waals surface area contributed by atoms with Gasteiger partial charge in [0.05, 0.1) is 11.8 Å². The van der Waals surface area contributed by atoms with E-state index in [0.29, 0.717) is 23.1 Å². The number of aryl methyl sites for hydroxylation is 2. The van der Waals surface area contributed by atoms with Crippen LogP contribution >= 0.6 is 0 Å². The predicted octanol–water partition coefficient (Wildman–Crippen LogP) is 2.89. The number of rotatable bonds is 4. The van der Waals surface area contributed by atoms with Crippen molar-refractivity contribution in [3.05, 3.63) is 30.0 Å². The zero-order chi connectivity index (χ0) is 14.0. The van der Waals surface area contributed by atoms with Crippen molar-refractivity contribution in [3.63, 3.8) is 0 Å². The highest BCUT2D eigenvalue weighted by Crippen LogP contribution is 2.29. The van der Waals surface area contributed by atoms with Crippen LogP contribution in [0.4, 0.5) is 5.69 Å². The fraction of sp³-hybridized carbons (Fsp3) is 0.357. The Morgan fingerprint density at radius 2 is 1.84 bits per heavy atom. The molecular formula is C14H19N3O2. The summed E-state index contributed by atoms with van der Waals surface area (Å²) >= 11 is 0. The molecular weight excluding hydrogens is 242 g/mol. The molecule has 1 aromatic heterocycles. The molecule has 0 saturated heterocycles. The number of hydrogen-bond acceptors (Lipinski definition) is 4. The summed E-state index contributed by atoms with van der Waals surface area (Å²) in [5.74, 6) is 2.00. The molecule has 102 valence electrons. The van der Waals surface area contributed by atoms with E-state index >= 15 is 0 Å². The van der Waals surface area contributed by atoms with Crippen LogP contribution in [0.5, 0.6) is 17.4 Å². The molecule has 0 fully saturated rings. The van der Waals surface area contributed by atoms with E-state index in [1.165, 1.54) is 0 Å². The van der Waals surface area contributed by atoms with Crippen molar-refractivity contribution in [2.45, 2.75) is 26.9 Å². The molecule has 2 rings (SSSR count). The summed E-state index contributed by atoms with van der Waals surface area (Å²) in [6.07, 6.45) is 0.0913. The number of hydrogen-bond donors (Lipinski definition) is 1. The first-order chi connectivity index (χ1) is 8.94. The van der Waals surface area contributed by atoms with Gasteiger partial charge in [0.25, 0.3) is 0 Å². The Labute approximate surface area is 112 Å². The van der Waals surface area contributed by atoms with Gasteiger partial charge in [0.1, 0.15) is 11.5 Å². The number of nitrogens with two attached hydrogens (primary N) is 1. The quantitative estimate of drug-likeness (QED) is 0.860. The van der Waals surface area contributed by atoms with E-state index < -0.39 is 0 Å². The fourth-order valence-corrected chi connectivity index (χ4v) is 1.80. The molecule has 0 aliphatic rings. The highest BCUT2D eigenvalue weighted by Gasteiger charge is 2.07. The van der Waals surface area contributed by atoms with Crippen molar-refractivity contribution in [2.75, 3.05) is 5.73 Å². The lowest BCUT2D eigenvalue weighted by Gasteiger charge is -2.12. The van der Waals surface area contributed by atoms with Crippen molar-refractivity contribution in [3.8, 4) is 17.4 Å². The number of benzene rings is 1. The maximum atomic E-state index is 5.85. The van der Waals surface area contributed by atoms with Gasteiger partial charge in [0.2, 0.25) is 5.88 Å². The first-order valence-electron chi connectivity index (χ1n) is 6.20. The minimum Gasteiger partial charge on any atom is -0.491 e. The molecule has 5 nitrogen and oxygen atoms in total. The van der Waals surface area contributed by atoms with E-state index in [2.05, 4.69) is 5.10 Å². The van der Waals surface area contributed by atoms with Crippen molar-refractivity contribution in [1.82, 2.24) is 9.78 Å². The van der Waals surface area contributed by atoms with Crippen LogP contribution in [0.3, 0.4) is 0 Å². The SMILES string of the molecule is Cc1cc(Oc2cc(N)cc(OC(C)C)c2)n(C)n1. The van der Waals surface area contributed by atoms with Crippen LogP contribution in [0.15, 0.2) is 24.3 Å². The van der Waals surface area contributed by atoms with Gasteiger partial charge in [-0.2, -0.15) is 5.10 Å². The Hall–Kier alpha value is -2.17. The summed E-state index contributed by atoms with van der Waals surface area (Å²) in [4.78, 5) is 0. The van der Waals surface area contributed by atoms with Gasteiger partial charge in [-0.25, -0.2) is 4.68 Å². The van der Waals surface area contributed by atoms with Gasteiger partial charge in [0, 0.05) is 37.0 Å². The number of aromatic nitrogens is 2. The number of anilines is 1. The van der Waals surface area contributed by atoms with Crippen molar-refractivity contribution in [1.29, 1.82) is 0 Å². The Morgan fingerprint density at radius 1 is 1.16 bits per heavy atom. The molecule has 0 saturated carbocycles. The minimum atomic E-state index is 0.0913. The average molecular weight is 261 g/mol. The largest absolute Gasteiger partial charge is 0.491 e. The maximum Gasteiger partial charge on any atom is 0.217 e. The molecule has 19 heavy (non-hydrogen) atoms. The van der Waals surface area contributed by atoms with E-state index in [1.807, 2.05) is 40.0 Å². The summed E-state index contributed by atoms with van der Waals surface area (Å²) in [7, 11) is 1.83. The second-order valence-corrected chi connectivity index (χ2v) is 4.75. The minimum absolute atomic E-state index is 0.0913. The average Bonchev–Trinajstić information content (AvgIpc) is 2.55. The topological polar surface area (TPSA) is 62.3 Å². The van der Waals surface area contributed by atoms with Gasteiger partial charge < -0.3 is 15.2 Å². The van der Waals surface area contributed by atoms with Gasteiger partial charge in [0.15, 0.2) is 0 Å². The molecule has 1 aromatic carbocycles. The van der Waals surface area contributed by atoms with E-state index in [4.69, 9.17) is 15.2 Å². The Balaban J connectivity index is 2.25. The molecule has 5 heteroatoms. The molecule has 0 spiro atoms. The second-order valence-electron chi connectivity index (χ2n) is 4.75. The lowest BCUT2D eigenvalue weighted by molar-refractivity contribution is 0.241. The fourth-order valence-electron chi connectivity index (χ4n) is 1.80. The zero-order valence-corrected chi connectivity index (χ0v) is 11.7. The summed E-state index contributed by atoms with van der Waals surface area (Å²) in [6, 6.07) is 7.22. The Bertz CT molecular complexity index is 576. The van der Waals surface area contributed by atoms with Crippen molar-refractivity contribution >= 4 is 5.69 Å². The van der Waals surface area contributed by atoms with Crippen LogP contribution in [0.1, 0.15) is 19.5 Å². The van der Waals surface area contributed by atoms with Crippen LogP contribution in [-0.2, 0) is 7.05 Å². The first kappa shape index (κ1) is 13.3. The predicted molar refractivity (Wildman–Crippen MR) is 74.6 cm³/mol. The Morgan fingerprint density at radius 3 is 2.42 bits per heavy atom. The van der Waals surface area contributed by atoms with Crippen molar-refractivity contribution in [2.24, 2.45) is 7.05 Å². The van der Waals surface area contributed by atoms with Crippen LogP contribution in [0.25, 0.3) is 0 Å². The molecule has 2 aromatic rings. The molecule has 0 aliphatic carbocycles. The smallest absolute Gasteiger partial charge is 0.217 e. The lowest BCUT2D eigenvalue weighted by atomic mass is 10.3. The van der Waals surface area contributed by atoms with Gasteiger partial charge in [-0.1, -0.05) is 0 Å².